The van der Waals surface area contributed by atoms with E-state index in [-0.39, 0.29) is 39.6 Å². The minimum atomic E-state index is -1.92. The summed E-state index contributed by atoms with van der Waals surface area (Å²) in [5.41, 5.74) is 1.54. The predicted octanol–water partition coefficient (Wildman–Crippen LogP) is 7.82. The smallest absolute Gasteiger partial charge is 0 e. The van der Waals surface area contributed by atoms with Crippen molar-refractivity contribution in [2.75, 3.05) is 13.2 Å². The van der Waals surface area contributed by atoms with Crippen LogP contribution in [0.15, 0.2) is 133 Å². The monoisotopic (exact) mass is 928 g/mol. The molecule has 59 heavy (non-hydrogen) atoms. The molecule has 0 N–H and O–H groups in total. The first-order valence-corrected chi connectivity index (χ1v) is 22.0. The molecule has 0 saturated heterocycles. The summed E-state index contributed by atoms with van der Waals surface area (Å²) in [6.07, 6.45) is 0. The van der Waals surface area contributed by atoms with Crippen LogP contribution in [0.5, 0.6) is 0 Å². The summed E-state index contributed by atoms with van der Waals surface area (Å²) in [7, 11) is 1.55. The van der Waals surface area contributed by atoms with E-state index in [9.17, 15) is 0 Å². The van der Waals surface area contributed by atoms with Crippen molar-refractivity contribution in [3.8, 4) is 0 Å². The zero-order valence-electron chi connectivity index (χ0n) is 32.9. The molecule has 1 heterocycles. The normalized spacial score (nSPS) is 10.9. The molecule has 304 valence electrons. The van der Waals surface area contributed by atoms with Gasteiger partial charge in [-0.05, 0) is 48.7 Å². The quantitative estimate of drug-likeness (QED) is 0.0721. The molecule has 0 bridgehead atoms. The fourth-order valence-electron chi connectivity index (χ4n) is 5.57. The Labute approximate surface area is 372 Å². The van der Waals surface area contributed by atoms with Crippen LogP contribution in [0.4, 0.5) is 0 Å². The standard InChI is InChI=1S/C33H31P3.C4H10O.8CO.2Mn/c1-33(2,3)26-24-31-32(25-26)36(29-20-12-6-13-21-29,30-22-14-7-15-23-30)34-35(31,27-16-8-4-9-17-27)28-18-10-5-11-19-28;1-3-5-4-2;8*1-2;;/h4-25H,1-3H3;3-4H2,1-2H3;;;;;;;;;;. The second-order valence-corrected chi connectivity index (χ2v) is 22.7. The van der Waals surface area contributed by atoms with Gasteiger partial charge in [-0.1, -0.05) is 129 Å². The Bertz CT molecular complexity index is 1860. The first-order valence-electron chi connectivity index (χ1n) is 16.2. The zero-order valence-corrected chi connectivity index (χ0v) is 37.9. The van der Waals surface area contributed by atoms with Gasteiger partial charge in [-0.3, -0.25) is 0 Å². The van der Waals surface area contributed by atoms with Crippen LogP contribution in [0.25, 0.3) is 0 Å². The second-order valence-electron chi connectivity index (χ2n) is 11.2. The van der Waals surface area contributed by atoms with Crippen LogP contribution in [-0.2, 0) is 81.5 Å². The molecular formula is C45H41Mn2O9P3. The van der Waals surface area contributed by atoms with Gasteiger partial charge in [-0.25, -0.2) is 0 Å². The van der Waals surface area contributed by atoms with E-state index in [4.69, 9.17) is 42.0 Å². The van der Waals surface area contributed by atoms with Gasteiger partial charge in [0.15, 0.2) is 0 Å². The van der Waals surface area contributed by atoms with Crippen LogP contribution in [-0.4, -0.2) is 13.2 Å². The van der Waals surface area contributed by atoms with Crippen LogP contribution in [0.3, 0.4) is 0 Å². The van der Waals surface area contributed by atoms with Crippen LogP contribution < -0.4 is 31.8 Å². The third-order valence-corrected chi connectivity index (χ3v) is 25.1. The largest absolute Gasteiger partial charge is 0 e. The Balaban J connectivity index is -0.000000265. The molecule has 2 radical (unpaired) electrons. The number of hydrogen-bond donors (Lipinski definition) is 0. The first kappa shape index (κ1) is 67.1. The van der Waals surface area contributed by atoms with Gasteiger partial charge in [-0.15, -0.1) is 6.07 Å². The van der Waals surface area contributed by atoms with Crippen LogP contribution in [0, 0.1) is 53.2 Å². The number of benzene rings is 4. The Morgan fingerprint density at radius 1 is 0.525 bits per heavy atom. The summed E-state index contributed by atoms with van der Waals surface area (Å²) in [6, 6.07) is 50.7. The van der Waals surface area contributed by atoms with E-state index >= 15 is 0 Å². The Morgan fingerprint density at radius 3 is 1.07 bits per heavy atom. The van der Waals surface area contributed by atoms with Crippen molar-refractivity contribution in [1.29, 1.82) is 0 Å². The van der Waals surface area contributed by atoms with E-state index in [1.807, 2.05) is 13.8 Å². The topological polar surface area (TPSA) is 168 Å². The molecule has 1 aliphatic rings. The van der Waals surface area contributed by atoms with Gasteiger partial charge in [0.2, 0.25) is 0 Å². The summed E-state index contributed by atoms with van der Waals surface area (Å²) in [5, 5.41) is 9.12. The fraction of sp³-hybridized carbons (Fsp3) is 0.178. The molecule has 14 heteroatoms. The number of rotatable bonds is 6. The second kappa shape index (κ2) is 41.1. The van der Waals surface area contributed by atoms with Crippen molar-refractivity contribution in [2.45, 2.75) is 40.0 Å². The van der Waals surface area contributed by atoms with Crippen molar-refractivity contribution in [2.24, 2.45) is 0 Å². The Hall–Kier alpha value is -3.69. The summed E-state index contributed by atoms with van der Waals surface area (Å²) < 4.78 is 64.8. The van der Waals surface area contributed by atoms with E-state index in [1.54, 1.807) is 18.2 Å². The summed E-state index contributed by atoms with van der Waals surface area (Å²) in [6.45, 7) is 44.9. The van der Waals surface area contributed by atoms with Crippen molar-refractivity contribution in [1.82, 2.24) is 0 Å². The maximum atomic E-state index is 7.50. The molecule has 0 atom stereocenters. The summed E-state index contributed by atoms with van der Waals surface area (Å²) in [4.78, 5) is 0. The molecule has 0 unspecified atom stereocenters. The SMILES string of the molecule is CC(C)(C)c1cc2[c-](c1)[P+](c1ccccc1)(c1ccccc1)P=P2(c1ccccc1)c1ccccc1.CCOCC.[C-]#[O+].[C-]#[O+].[C-]#[O+].[C-]#[O+].[C-]#[O+].[C-]#[O+].[C-]#[O+].[C-]#[O+].[Mn].[Mn]. The van der Waals surface area contributed by atoms with Crippen molar-refractivity contribution < 1.29 is 76.1 Å². The van der Waals surface area contributed by atoms with E-state index < -0.39 is 13.5 Å². The molecule has 1 aliphatic heterocycles. The average molecular weight is 929 g/mol. The molecule has 0 saturated carbocycles. The number of fused-ring (bicyclic) bond motifs is 1. The van der Waals surface area contributed by atoms with Gasteiger partial charge in [0.05, 0.1) is 7.56 Å². The Morgan fingerprint density at radius 2 is 0.814 bits per heavy atom. The Kier molecular flexibility index (Phi) is 46.7. The van der Waals surface area contributed by atoms with Crippen LogP contribution in [0.2, 0.25) is 0 Å². The third-order valence-electron chi connectivity index (χ3n) is 7.61. The molecule has 9 nitrogen and oxygen atoms in total. The number of hydrogen-bond acceptors (Lipinski definition) is 1. The molecule has 6 rings (SSSR count). The van der Waals surface area contributed by atoms with Crippen LogP contribution >= 0.6 is 21.1 Å². The van der Waals surface area contributed by atoms with Gasteiger partial charge in [-0.2, -0.15) is 11.6 Å². The fourth-order valence-corrected chi connectivity index (χ4v) is 28.2. The van der Waals surface area contributed by atoms with E-state index in [2.05, 4.69) is 207 Å². The van der Waals surface area contributed by atoms with E-state index in [1.165, 1.54) is 26.8 Å². The van der Waals surface area contributed by atoms with E-state index in [0.717, 1.165) is 13.2 Å². The van der Waals surface area contributed by atoms with Gasteiger partial charge in [0.1, 0.15) is 17.6 Å². The van der Waals surface area contributed by atoms with Gasteiger partial charge in [0, 0.05) is 59.2 Å². The molecule has 0 spiro atoms. The van der Waals surface area contributed by atoms with Crippen LogP contribution in [0.1, 0.15) is 40.2 Å². The average Bonchev–Trinajstić information content (AvgIpc) is 3.90. The summed E-state index contributed by atoms with van der Waals surface area (Å²) >= 11 is 0. The summed E-state index contributed by atoms with van der Waals surface area (Å²) in [5.74, 6) is 0. The molecule has 0 amide bonds. The van der Waals surface area contributed by atoms with E-state index in [0.29, 0.717) is 0 Å². The minimum absolute atomic E-state index is 0. The van der Waals surface area contributed by atoms with Crippen molar-refractivity contribution >= 4 is 52.9 Å². The van der Waals surface area contributed by atoms with Gasteiger partial charge < -0.3 is 4.74 Å². The molecule has 0 aliphatic carbocycles. The molecule has 0 fully saturated rings. The molecular weight excluding hydrogens is 887 g/mol. The maximum absolute atomic E-state index is 7.50. The third kappa shape index (κ3) is 18.2. The zero-order chi connectivity index (χ0) is 44.9. The molecule has 0 aromatic heterocycles. The molecule has 5 aromatic carbocycles. The molecule has 5 aromatic rings. The predicted molar refractivity (Wildman–Crippen MR) is 219 cm³/mol. The van der Waals surface area contributed by atoms with Crippen molar-refractivity contribution in [3.05, 3.63) is 192 Å². The number of ether oxygens (including phenoxy) is 1. The minimum Gasteiger partial charge on any atom is 0 e. The maximum Gasteiger partial charge on any atom is 0 e. The van der Waals surface area contributed by atoms with Crippen molar-refractivity contribution in [3.63, 3.8) is 0 Å². The van der Waals surface area contributed by atoms with Gasteiger partial charge in [0.25, 0.3) is 0 Å². The van der Waals surface area contributed by atoms with Gasteiger partial charge >= 0.3 is 90.4 Å². The first-order chi connectivity index (χ1) is 27.9.